The van der Waals surface area contributed by atoms with Gasteiger partial charge in [-0.15, -0.1) is 0 Å². The van der Waals surface area contributed by atoms with E-state index in [0.29, 0.717) is 5.56 Å². The lowest BCUT2D eigenvalue weighted by molar-refractivity contribution is -0.481. The van der Waals surface area contributed by atoms with Crippen LogP contribution in [0.3, 0.4) is 0 Å². The standard InChI is InChI=1S/C16H14N2O4/c19-17(20)12-15(7-6-13-4-2-1-3-5-13)14-8-10-16(11-9-14)18(21)22/h1-11,15H,12H2. The molecule has 0 N–H and O–H groups in total. The van der Waals surface area contributed by atoms with Crippen molar-refractivity contribution in [2.75, 3.05) is 6.54 Å². The highest BCUT2D eigenvalue weighted by Crippen LogP contribution is 2.22. The summed E-state index contributed by atoms with van der Waals surface area (Å²) in [6, 6.07) is 15.3. The summed E-state index contributed by atoms with van der Waals surface area (Å²) in [5.74, 6) is -0.434. The molecule has 0 fully saturated rings. The molecule has 0 bridgehead atoms. The third-order valence-corrected chi connectivity index (χ3v) is 3.20. The maximum atomic E-state index is 10.8. The molecule has 0 radical (unpaired) electrons. The number of nitro benzene ring substituents is 1. The number of nitro groups is 2. The first-order valence-corrected chi connectivity index (χ1v) is 6.65. The molecule has 0 aliphatic rings. The minimum atomic E-state index is -0.494. The quantitative estimate of drug-likeness (QED) is 0.601. The molecule has 22 heavy (non-hydrogen) atoms. The van der Waals surface area contributed by atoms with Crippen LogP contribution in [-0.4, -0.2) is 16.4 Å². The highest BCUT2D eigenvalue weighted by molar-refractivity contribution is 5.51. The van der Waals surface area contributed by atoms with E-state index in [4.69, 9.17) is 0 Å². The lowest BCUT2D eigenvalue weighted by Crippen LogP contribution is -2.10. The van der Waals surface area contributed by atoms with E-state index in [2.05, 4.69) is 0 Å². The van der Waals surface area contributed by atoms with Crippen LogP contribution in [0, 0.1) is 20.2 Å². The zero-order chi connectivity index (χ0) is 15.9. The van der Waals surface area contributed by atoms with Gasteiger partial charge in [-0.05, 0) is 11.1 Å². The fourth-order valence-corrected chi connectivity index (χ4v) is 2.07. The van der Waals surface area contributed by atoms with E-state index in [0.717, 1.165) is 5.56 Å². The van der Waals surface area contributed by atoms with E-state index < -0.39 is 10.8 Å². The third-order valence-electron chi connectivity index (χ3n) is 3.20. The average molecular weight is 298 g/mol. The second kappa shape index (κ2) is 7.12. The van der Waals surface area contributed by atoms with Crippen LogP contribution in [0.4, 0.5) is 5.69 Å². The number of non-ortho nitro benzene ring substituents is 1. The van der Waals surface area contributed by atoms with Gasteiger partial charge < -0.3 is 0 Å². The van der Waals surface area contributed by atoms with Gasteiger partial charge in [0, 0.05) is 17.1 Å². The molecule has 0 heterocycles. The minimum Gasteiger partial charge on any atom is -0.265 e. The molecule has 0 saturated heterocycles. The molecule has 0 spiro atoms. The molecule has 0 aliphatic carbocycles. The first-order chi connectivity index (χ1) is 10.6. The SMILES string of the molecule is O=[N+]([O-])CC(C=Cc1ccccc1)c1ccc([N+](=O)[O-])cc1. The summed E-state index contributed by atoms with van der Waals surface area (Å²) < 4.78 is 0. The molecule has 0 amide bonds. The fourth-order valence-electron chi connectivity index (χ4n) is 2.07. The number of nitrogens with zero attached hydrogens (tertiary/aromatic N) is 2. The normalized spacial score (nSPS) is 12.2. The van der Waals surface area contributed by atoms with E-state index >= 15 is 0 Å². The Hall–Kier alpha value is -3.02. The molecule has 0 aromatic heterocycles. The molecule has 0 aliphatic heterocycles. The van der Waals surface area contributed by atoms with Crippen LogP contribution in [-0.2, 0) is 0 Å². The number of benzene rings is 2. The van der Waals surface area contributed by atoms with Gasteiger partial charge in [0.25, 0.3) is 5.69 Å². The van der Waals surface area contributed by atoms with Crippen molar-refractivity contribution in [3.8, 4) is 0 Å². The summed E-state index contributed by atoms with van der Waals surface area (Å²) >= 11 is 0. The summed E-state index contributed by atoms with van der Waals surface area (Å²) in [5, 5.41) is 21.5. The van der Waals surface area contributed by atoms with Gasteiger partial charge in [-0.1, -0.05) is 54.6 Å². The monoisotopic (exact) mass is 298 g/mol. The van der Waals surface area contributed by atoms with E-state index in [-0.39, 0.29) is 17.2 Å². The van der Waals surface area contributed by atoms with Crippen molar-refractivity contribution in [3.63, 3.8) is 0 Å². The van der Waals surface area contributed by atoms with Crippen molar-refractivity contribution in [1.29, 1.82) is 0 Å². The molecule has 1 unspecified atom stereocenters. The number of hydrogen-bond donors (Lipinski definition) is 0. The second-order valence-corrected chi connectivity index (χ2v) is 4.74. The van der Waals surface area contributed by atoms with Crippen LogP contribution in [0.15, 0.2) is 60.7 Å². The van der Waals surface area contributed by atoms with Gasteiger partial charge in [0.05, 0.1) is 10.8 Å². The Morgan fingerprint density at radius 1 is 0.955 bits per heavy atom. The lowest BCUT2D eigenvalue weighted by Gasteiger charge is -2.08. The van der Waals surface area contributed by atoms with Crippen molar-refractivity contribution in [3.05, 3.63) is 92.0 Å². The largest absolute Gasteiger partial charge is 0.269 e. The molecule has 2 aromatic rings. The molecular weight excluding hydrogens is 284 g/mol. The average Bonchev–Trinajstić information content (AvgIpc) is 2.52. The molecule has 6 heteroatoms. The van der Waals surface area contributed by atoms with Gasteiger partial charge in [-0.2, -0.15) is 0 Å². The topological polar surface area (TPSA) is 86.3 Å². The third kappa shape index (κ3) is 4.24. The Kier molecular flexibility index (Phi) is 4.98. The van der Waals surface area contributed by atoms with Crippen LogP contribution in [0.25, 0.3) is 6.08 Å². The van der Waals surface area contributed by atoms with Gasteiger partial charge in [0.1, 0.15) is 0 Å². The van der Waals surface area contributed by atoms with Crippen LogP contribution >= 0.6 is 0 Å². The Morgan fingerprint density at radius 2 is 1.59 bits per heavy atom. The van der Waals surface area contributed by atoms with Crippen LogP contribution in [0.2, 0.25) is 0 Å². The highest BCUT2D eigenvalue weighted by atomic mass is 16.6. The Balaban J connectivity index is 2.23. The van der Waals surface area contributed by atoms with Crippen LogP contribution in [0.1, 0.15) is 17.0 Å². The van der Waals surface area contributed by atoms with Crippen molar-refractivity contribution in [1.82, 2.24) is 0 Å². The highest BCUT2D eigenvalue weighted by Gasteiger charge is 2.16. The van der Waals surface area contributed by atoms with Crippen LogP contribution < -0.4 is 0 Å². The van der Waals surface area contributed by atoms with E-state index in [1.54, 1.807) is 18.2 Å². The zero-order valence-electron chi connectivity index (χ0n) is 11.7. The van der Waals surface area contributed by atoms with Gasteiger partial charge in [-0.25, -0.2) is 0 Å². The zero-order valence-corrected chi connectivity index (χ0v) is 11.7. The van der Waals surface area contributed by atoms with Gasteiger partial charge >= 0.3 is 0 Å². The predicted molar refractivity (Wildman–Crippen MR) is 83.2 cm³/mol. The van der Waals surface area contributed by atoms with E-state index in [1.807, 2.05) is 36.4 Å². The first kappa shape index (κ1) is 15.4. The summed E-state index contributed by atoms with van der Waals surface area (Å²) in [4.78, 5) is 20.6. The number of rotatable bonds is 6. The predicted octanol–water partition coefficient (Wildman–Crippen LogP) is 3.67. The van der Waals surface area contributed by atoms with E-state index in [1.165, 1.54) is 12.1 Å². The summed E-state index contributed by atoms with van der Waals surface area (Å²) in [5.41, 5.74) is 1.59. The maximum Gasteiger partial charge on any atom is 0.269 e. The van der Waals surface area contributed by atoms with Crippen molar-refractivity contribution in [2.45, 2.75) is 5.92 Å². The van der Waals surface area contributed by atoms with Crippen molar-refractivity contribution >= 4 is 11.8 Å². The van der Waals surface area contributed by atoms with Crippen molar-refractivity contribution in [2.24, 2.45) is 0 Å². The van der Waals surface area contributed by atoms with E-state index in [9.17, 15) is 20.2 Å². The molecule has 0 saturated carbocycles. The Morgan fingerprint density at radius 3 is 2.14 bits per heavy atom. The summed E-state index contributed by atoms with van der Waals surface area (Å²) in [6.45, 7) is -0.263. The van der Waals surface area contributed by atoms with Gasteiger partial charge in [-0.3, -0.25) is 20.2 Å². The second-order valence-electron chi connectivity index (χ2n) is 4.74. The summed E-state index contributed by atoms with van der Waals surface area (Å²) in [7, 11) is 0. The first-order valence-electron chi connectivity index (χ1n) is 6.65. The van der Waals surface area contributed by atoms with Crippen molar-refractivity contribution < 1.29 is 9.85 Å². The maximum absolute atomic E-state index is 10.8. The van der Waals surface area contributed by atoms with Gasteiger partial charge in [0.15, 0.2) is 0 Å². The Bertz CT molecular complexity index is 681. The molecular formula is C16H14N2O4. The van der Waals surface area contributed by atoms with Crippen LogP contribution in [0.5, 0.6) is 0 Å². The molecule has 112 valence electrons. The fraction of sp³-hybridized carbons (Fsp3) is 0.125. The smallest absolute Gasteiger partial charge is 0.265 e. The summed E-state index contributed by atoms with van der Waals surface area (Å²) in [6.07, 6.45) is 3.56. The molecule has 1 atom stereocenters. The molecule has 2 rings (SSSR count). The van der Waals surface area contributed by atoms with Gasteiger partial charge in [0.2, 0.25) is 6.54 Å². The molecule has 2 aromatic carbocycles. The molecule has 6 nitrogen and oxygen atoms in total. The number of hydrogen-bond acceptors (Lipinski definition) is 4. The minimum absolute atomic E-state index is 0.0318. The lowest BCUT2D eigenvalue weighted by atomic mass is 9.97. The Labute approximate surface area is 127 Å².